The first-order valence-corrected chi connectivity index (χ1v) is 8.85. The molecule has 5 heteroatoms. The molecule has 1 unspecified atom stereocenters. The summed E-state index contributed by atoms with van der Waals surface area (Å²) in [6, 6.07) is 17.7. The van der Waals surface area contributed by atoms with Crippen molar-refractivity contribution >= 4 is 21.9 Å². The Morgan fingerprint density at radius 1 is 1.08 bits per heavy atom. The predicted octanol–water partition coefficient (Wildman–Crippen LogP) is 3.41. The van der Waals surface area contributed by atoms with Gasteiger partial charge in [0.05, 0.1) is 13.1 Å². The van der Waals surface area contributed by atoms with E-state index in [1.54, 1.807) is 6.92 Å². The molecule has 1 atom stereocenters. The molecule has 0 fully saturated rings. The highest BCUT2D eigenvalue weighted by Crippen LogP contribution is 2.18. The number of hydrogen-bond donors (Lipinski definition) is 3. The van der Waals surface area contributed by atoms with Gasteiger partial charge in [-0.05, 0) is 37.1 Å². The third kappa shape index (κ3) is 5.65. The summed E-state index contributed by atoms with van der Waals surface area (Å²) in [6.45, 7) is 5.54. The molecule has 0 bridgehead atoms. The molecule has 128 valence electrons. The van der Waals surface area contributed by atoms with Gasteiger partial charge in [-0.1, -0.05) is 58.4 Å². The second-order valence-corrected chi connectivity index (χ2v) is 6.73. The number of nitrogens with one attached hydrogen (secondary N) is 2. The van der Waals surface area contributed by atoms with Crippen molar-refractivity contribution in [3.8, 4) is 0 Å². The second kappa shape index (κ2) is 8.85. The lowest BCUT2D eigenvalue weighted by Crippen LogP contribution is -2.44. The summed E-state index contributed by atoms with van der Waals surface area (Å²) in [6.07, 6.45) is 0. The molecule has 3 N–H and O–H groups in total. The number of benzene rings is 2. The molecule has 0 saturated heterocycles. The van der Waals surface area contributed by atoms with Crippen molar-refractivity contribution in [2.75, 3.05) is 13.1 Å². The fraction of sp³-hybridized carbons (Fsp3) is 0.316. The maximum atomic E-state index is 10.7. The van der Waals surface area contributed by atoms with Crippen LogP contribution in [0.3, 0.4) is 0 Å². The monoisotopic (exact) mass is 389 g/mol. The van der Waals surface area contributed by atoms with Crippen LogP contribution in [0, 0.1) is 0 Å². The third-order valence-electron chi connectivity index (χ3n) is 3.67. The van der Waals surface area contributed by atoms with E-state index in [2.05, 4.69) is 31.6 Å². The normalized spacial score (nSPS) is 14.1. The van der Waals surface area contributed by atoms with Gasteiger partial charge >= 0.3 is 0 Å². The predicted molar refractivity (Wildman–Crippen MR) is 103 cm³/mol. The zero-order chi connectivity index (χ0) is 17.4. The molecule has 0 saturated carbocycles. The van der Waals surface area contributed by atoms with Crippen LogP contribution in [0.2, 0.25) is 0 Å². The molecule has 0 aliphatic carbocycles. The smallest absolute Gasteiger partial charge is 0.191 e. The Balaban J connectivity index is 2.00. The van der Waals surface area contributed by atoms with Crippen molar-refractivity contribution in [2.45, 2.75) is 26.0 Å². The molecule has 4 nitrogen and oxygen atoms in total. The molecule has 0 amide bonds. The number of hydrogen-bond acceptors (Lipinski definition) is 2. The van der Waals surface area contributed by atoms with E-state index >= 15 is 0 Å². The number of rotatable bonds is 6. The molecule has 0 aliphatic heterocycles. The quantitative estimate of drug-likeness (QED) is 0.524. The fourth-order valence-electron chi connectivity index (χ4n) is 2.26. The second-order valence-electron chi connectivity index (χ2n) is 5.82. The van der Waals surface area contributed by atoms with E-state index in [4.69, 9.17) is 0 Å². The van der Waals surface area contributed by atoms with E-state index in [0.717, 1.165) is 22.1 Å². The van der Waals surface area contributed by atoms with E-state index in [1.807, 2.05) is 61.5 Å². The lowest BCUT2D eigenvalue weighted by atomic mass is 9.96. The largest absolute Gasteiger partial charge is 0.384 e. The molecular weight excluding hydrogens is 366 g/mol. The highest BCUT2D eigenvalue weighted by molar-refractivity contribution is 9.10. The molecule has 0 heterocycles. The average molecular weight is 390 g/mol. The number of nitrogens with zero attached hydrogens (tertiary/aromatic N) is 1. The third-order valence-corrected chi connectivity index (χ3v) is 4.20. The number of aliphatic imine (C=N–C) groups is 1. The topological polar surface area (TPSA) is 56.7 Å². The number of halogens is 1. The van der Waals surface area contributed by atoms with Gasteiger partial charge in [-0.15, -0.1) is 0 Å². The van der Waals surface area contributed by atoms with Crippen LogP contribution in [-0.4, -0.2) is 24.2 Å². The Hall–Kier alpha value is -1.85. The molecule has 0 radical (unpaired) electrons. The van der Waals surface area contributed by atoms with E-state index in [0.29, 0.717) is 19.0 Å². The lowest BCUT2D eigenvalue weighted by molar-refractivity contribution is 0.0617. The SMILES string of the molecule is CCNC(=NCc1ccc(Br)cc1)NCC(C)(O)c1ccccc1. The molecule has 2 rings (SSSR count). The molecule has 0 aliphatic rings. The van der Waals surface area contributed by atoms with Crippen LogP contribution in [0.15, 0.2) is 64.1 Å². The van der Waals surface area contributed by atoms with Crippen molar-refractivity contribution in [3.63, 3.8) is 0 Å². The van der Waals surface area contributed by atoms with Crippen LogP contribution in [0.5, 0.6) is 0 Å². The molecule has 24 heavy (non-hydrogen) atoms. The van der Waals surface area contributed by atoms with Crippen LogP contribution >= 0.6 is 15.9 Å². The van der Waals surface area contributed by atoms with Gasteiger partial charge in [0.1, 0.15) is 5.60 Å². The zero-order valence-corrected chi connectivity index (χ0v) is 15.7. The summed E-state index contributed by atoms with van der Waals surface area (Å²) < 4.78 is 1.05. The Morgan fingerprint density at radius 3 is 2.38 bits per heavy atom. The van der Waals surface area contributed by atoms with Crippen LogP contribution < -0.4 is 10.6 Å². The molecular formula is C19H24BrN3O. The van der Waals surface area contributed by atoms with Crippen LogP contribution in [0.25, 0.3) is 0 Å². The first kappa shape index (κ1) is 18.5. The van der Waals surface area contributed by atoms with Crippen LogP contribution in [0.4, 0.5) is 0 Å². The van der Waals surface area contributed by atoms with Gasteiger partial charge in [0.2, 0.25) is 0 Å². The summed E-state index contributed by atoms with van der Waals surface area (Å²) in [5.41, 5.74) is 1.04. The maximum absolute atomic E-state index is 10.7. The van der Waals surface area contributed by atoms with Gasteiger partial charge in [0, 0.05) is 11.0 Å². The fourth-order valence-corrected chi connectivity index (χ4v) is 2.52. The first-order valence-electron chi connectivity index (χ1n) is 8.06. The summed E-state index contributed by atoms with van der Waals surface area (Å²) in [4.78, 5) is 4.58. The summed E-state index contributed by atoms with van der Waals surface area (Å²) in [5, 5.41) is 17.1. The van der Waals surface area contributed by atoms with Gasteiger partial charge in [0.15, 0.2) is 5.96 Å². The van der Waals surface area contributed by atoms with Gasteiger partial charge < -0.3 is 15.7 Å². The summed E-state index contributed by atoms with van der Waals surface area (Å²) in [7, 11) is 0. The standard InChI is InChI=1S/C19H24BrN3O/c1-3-21-18(22-13-15-9-11-17(20)12-10-15)23-14-19(2,24)16-7-5-4-6-8-16/h4-12,24H,3,13-14H2,1-2H3,(H2,21,22,23). The highest BCUT2D eigenvalue weighted by atomic mass is 79.9. The minimum atomic E-state index is -0.963. The van der Waals surface area contributed by atoms with Crippen molar-refractivity contribution in [1.82, 2.24) is 10.6 Å². The van der Waals surface area contributed by atoms with E-state index < -0.39 is 5.60 Å². The average Bonchev–Trinajstić information content (AvgIpc) is 2.59. The van der Waals surface area contributed by atoms with Gasteiger partial charge in [-0.25, -0.2) is 4.99 Å². The summed E-state index contributed by atoms with van der Waals surface area (Å²) >= 11 is 3.43. The van der Waals surface area contributed by atoms with Crippen molar-refractivity contribution in [2.24, 2.45) is 4.99 Å². The van der Waals surface area contributed by atoms with Gasteiger partial charge in [-0.3, -0.25) is 0 Å². The Bertz CT molecular complexity index is 654. The molecule has 2 aromatic rings. The van der Waals surface area contributed by atoms with E-state index in [-0.39, 0.29) is 0 Å². The Morgan fingerprint density at radius 2 is 1.75 bits per heavy atom. The lowest BCUT2D eigenvalue weighted by Gasteiger charge is -2.25. The molecule has 0 aromatic heterocycles. The van der Waals surface area contributed by atoms with Crippen molar-refractivity contribution < 1.29 is 5.11 Å². The molecule has 2 aromatic carbocycles. The zero-order valence-electron chi connectivity index (χ0n) is 14.1. The minimum absolute atomic E-state index is 0.378. The van der Waals surface area contributed by atoms with Crippen molar-refractivity contribution in [1.29, 1.82) is 0 Å². The van der Waals surface area contributed by atoms with Crippen LogP contribution in [0.1, 0.15) is 25.0 Å². The molecule has 0 spiro atoms. The van der Waals surface area contributed by atoms with E-state index in [1.165, 1.54) is 0 Å². The summed E-state index contributed by atoms with van der Waals surface area (Å²) in [5.74, 6) is 0.691. The Labute approximate surface area is 152 Å². The van der Waals surface area contributed by atoms with Gasteiger partial charge in [0.25, 0.3) is 0 Å². The van der Waals surface area contributed by atoms with E-state index in [9.17, 15) is 5.11 Å². The maximum Gasteiger partial charge on any atom is 0.191 e. The number of guanidine groups is 1. The first-order chi connectivity index (χ1) is 11.5. The number of aliphatic hydroxyl groups is 1. The highest BCUT2D eigenvalue weighted by Gasteiger charge is 2.22. The van der Waals surface area contributed by atoms with Gasteiger partial charge in [-0.2, -0.15) is 0 Å². The van der Waals surface area contributed by atoms with Crippen molar-refractivity contribution in [3.05, 3.63) is 70.2 Å². The Kier molecular flexibility index (Phi) is 6.82. The minimum Gasteiger partial charge on any atom is -0.384 e. The van der Waals surface area contributed by atoms with Crippen LogP contribution in [-0.2, 0) is 12.1 Å².